The molecule has 0 aliphatic carbocycles. The summed E-state index contributed by atoms with van der Waals surface area (Å²) in [7, 11) is -3.33. The number of benzene rings is 1. The lowest BCUT2D eigenvalue weighted by Crippen LogP contribution is -2.44. The molecule has 2 heterocycles. The first-order valence-electron chi connectivity index (χ1n) is 6.22. The van der Waals surface area contributed by atoms with Gasteiger partial charge in [-0.05, 0) is 31.0 Å². The molecule has 19 heavy (non-hydrogen) atoms. The maximum Gasteiger partial charge on any atom is 0.253 e. The molecule has 3 rings (SSSR count). The van der Waals surface area contributed by atoms with Crippen LogP contribution in [0.5, 0.6) is 0 Å². The van der Waals surface area contributed by atoms with Crippen molar-refractivity contribution >= 4 is 21.4 Å². The number of hydrogen-bond acceptors (Lipinski definition) is 3. The maximum absolute atomic E-state index is 12.5. The van der Waals surface area contributed by atoms with Crippen LogP contribution in [0.4, 0.5) is 0 Å². The molecule has 1 fully saturated rings. The molecule has 3 nitrogen and oxygen atoms in total. The molecule has 2 aromatic rings. The summed E-state index contributed by atoms with van der Waals surface area (Å²) in [6.45, 7) is 2.54. The number of aryl methyl sites for hydroxylation is 1. The van der Waals surface area contributed by atoms with Crippen LogP contribution in [0.1, 0.15) is 22.9 Å². The number of sulfonamides is 1. The van der Waals surface area contributed by atoms with E-state index in [1.807, 2.05) is 43.3 Å². The molecule has 1 atom stereocenters. The summed E-state index contributed by atoms with van der Waals surface area (Å²) in [4.78, 5) is 1.02. The van der Waals surface area contributed by atoms with E-state index >= 15 is 0 Å². The van der Waals surface area contributed by atoms with Gasteiger partial charge in [0.2, 0.25) is 0 Å². The van der Waals surface area contributed by atoms with E-state index in [0.29, 0.717) is 10.8 Å². The van der Waals surface area contributed by atoms with Crippen molar-refractivity contribution in [1.82, 2.24) is 4.31 Å². The minimum absolute atomic E-state index is 0.00592. The maximum atomic E-state index is 12.5. The second-order valence-electron chi connectivity index (χ2n) is 4.70. The third-order valence-electron chi connectivity index (χ3n) is 3.43. The molecule has 100 valence electrons. The molecule has 0 radical (unpaired) electrons. The molecule has 1 aliphatic rings. The molecule has 0 N–H and O–H groups in total. The highest BCUT2D eigenvalue weighted by Crippen LogP contribution is 2.39. The topological polar surface area (TPSA) is 37.4 Å². The van der Waals surface area contributed by atoms with Gasteiger partial charge in [0.1, 0.15) is 4.21 Å². The average molecular weight is 293 g/mol. The van der Waals surface area contributed by atoms with E-state index in [2.05, 4.69) is 0 Å². The van der Waals surface area contributed by atoms with Gasteiger partial charge in [-0.15, -0.1) is 11.3 Å². The zero-order chi connectivity index (χ0) is 13.5. The van der Waals surface area contributed by atoms with E-state index in [4.69, 9.17) is 0 Å². The minimum Gasteiger partial charge on any atom is -0.206 e. The third kappa shape index (κ3) is 2.22. The summed E-state index contributed by atoms with van der Waals surface area (Å²) < 4.78 is 27.2. The van der Waals surface area contributed by atoms with Crippen molar-refractivity contribution < 1.29 is 8.42 Å². The van der Waals surface area contributed by atoms with Gasteiger partial charge in [0, 0.05) is 11.4 Å². The van der Waals surface area contributed by atoms with E-state index in [-0.39, 0.29) is 6.04 Å². The monoisotopic (exact) mass is 293 g/mol. The van der Waals surface area contributed by atoms with E-state index in [1.54, 1.807) is 10.4 Å². The molecule has 1 aliphatic heterocycles. The number of thiophene rings is 1. The van der Waals surface area contributed by atoms with Gasteiger partial charge in [-0.25, -0.2) is 8.42 Å². The van der Waals surface area contributed by atoms with Gasteiger partial charge in [-0.1, -0.05) is 30.3 Å². The summed E-state index contributed by atoms with van der Waals surface area (Å²) >= 11 is 1.34. The van der Waals surface area contributed by atoms with Crippen LogP contribution in [-0.4, -0.2) is 19.3 Å². The molecule has 1 aromatic heterocycles. The van der Waals surface area contributed by atoms with Gasteiger partial charge in [0.05, 0.1) is 6.04 Å². The van der Waals surface area contributed by atoms with E-state index in [9.17, 15) is 8.42 Å². The summed E-state index contributed by atoms with van der Waals surface area (Å²) in [5.74, 6) is 0. The van der Waals surface area contributed by atoms with Crippen LogP contribution in [0.2, 0.25) is 0 Å². The zero-order valence-corrected chi connectivity index (χ0v) is 12.2. The van der Waals surface area contributed by atoms with Crippen molar-refractivity contribution in [3.63, 3.8) is 0 Å². The van der Waals surface area contributed by atoms with Gasteiger partial charge < -0.3 is 0 Å². The summed E-state index contributed by atoms with van der Waals surface area (Å²) in [5, 5.41) is 0. The molecule has 0 spiro atoms. The van der Waals surface area contributed by atoms with Gasteiger partial charge in [0.25, 0.3) is 10.0 Å². The van der Waals surface area contributed by atoms with Crippen molar-refractivity contribution in [2.75, 3.05) is 6.54 Å². The smallest absolute Gasteiger partial charge is 0.206 e. The fraction of sp³-hybridized carbons (Fsp3) is 0.286. The molecule has 0 bridgehead atoms. The Kier molecular flexibility index (Phi) is 3.20. The van der Waals surface area contributed by atoms with Gasteiger partial charge in [-0.3, -0.25) is 0 Å². The lowest BCUT2D eigenvalue weighted by Gasteiger charge is -2.39. The van der Waals surface area contributed by atoms with Gasteiger partial charge in [0.15, 0.2) is 0 Å². The highest BCUT2D eigenvalue weighted by atomic mass is 32.2. The lowest BCUT2D eigenvalue weighted by atomic mass is 9.98. The average Bonchev–Trinajstić information content (AvgIpc) is 2.76. The Bertz CT molecular complexity index is 676. The molecule has 0 amide bonds. The van der Waals surface area contributed by atoms with Crippen molar-refractivity contribution in [2.24, 2.45) is 0 Å². The summed E-state index contributed by atoms with van der Waals surface area (Å²) in [6, 6.07) is 13.4. The molecule has 0 saturated carbocycles. The zero-order valence-electron chi connectivity index (χ0n) is 10.6. The van der Waals surface area contributed by atoms with Crippen LogP contribution in [0, 0.1) is 6.92 Å². The second kappa shape index (κ2) is 4.74. The molecule has 1 saturated heterocycles. The Hall–Kier alpha value is -1.17. The SMILES string of the molecule is Cc1ccc(S(=O)(=O)N2CC[C@H]2c2ccccc2)s1. The Morgan fingerprint density at radius 1 is 1.16 bits per heavy atom. The van der Waals surface area contributed by atoms with E-state index in [0.717, 1.165) is 16.9 Å². The largest absolute Gasteiger partial charge is 0.253 e. The molecule has 5 heteroatoms. The van der Waals surface area contributed by atoms with Gasteiger partial charge >= 0.3 is 0 Å². The fourth-order valence-electron chi connectivity index (χ4n) is 2.33. The lowest BCUT2D eigenvalue weighted by molar-refractivity contribution is 0.202. The van der Waals surface area contributed by atoms with Crippen LogP contribution in [-0.2, 0) is 10.0 Å². The highest BCUT2D eigenvalue weighted by molar-refractivity contribution is 7.91. The first kappa shape index (κ1) is 12.8. The van der Waals surface area contributed by atoms with Crippen LogP contribution >= 0.6 is 11.3 Å². The van der Waals surface area contributed by atoms with Crippen LogP contribution < -0.4 is 0 Å². The predicted molar refractivity (Wildman–Crippen MR) is 76.7 cm³/mol. The van der Waals surface area contributed by atoms with E-state index < -0.39 is 10.0 Å². The van der Waals surface area contributed by atoms with Crippen molar-refractivity contribution in [3.05, 3.63) is 52.9 Å². The standard InChI is InChI=1S/C14H15NO2S2/c1-11-7-8-14(18-11)19(16,17)15-10-9-13(15)12-5-3-2-4-6-12/h2-8,13H,9-10H2,1H3/t13-/m0/s1. The van der Waals surface area contributed by atoms with Crippen LogP contribution in [0.3, 0.4) is 0 Å². The number of rotatable bonds is 3. The van der Waals surface area contributed by atoms with E-state index in [1.165, 1.54) is 11.3 Å². The quantitative estimate of drug-likeness (QED) is 0.871. The normalized spacial score (nSPS) is 20.2. The first-order chi connectivity index (χ1) is 9.09. The van der Waals surface area contributed by atoms with Crippen LogP contribution in [0.25, 0.3) is 0 Å². The summed E-state index contributed by atoms with van der Waals surface area (Å²) in [5.41, 5.74) is 1.07. The summed E-state index contributed by atoms with van der Waals surface area (Å²) in [6.07, 6.45) is 0.896. The van der Waals surface area contributed by atoms with Crippen molar-refractivity contribution in [3.8, 4) is 0 Å². The number of hydrogen-bond donors (Lipinski definition) is 0. The Morgan fingerprint density at radius 3 is 2.42 bits per heavy atom. The van der Waals surface area contributed by atoms with Crippen molar-refractivity contribution in [1.29, 1.82) is 0 Å². The van der Waals surface area contributed by atoms with Crippen molar-refractivity contribution in [2.45, 2.75) is 23.6 Å². The minimum atomic E-state index is -3.33. The second-order valence-corrected chi connectivity index (χ2v) is 8.10. The highest BCUT2D eigenvalue weighted by Gasteiger charge is 2.39. The molecule has 0 unspecified atom stereocenters. The van der Waals surface area contributed by atoms with Crippen LogP contribution in [0.15, 0.2) is 46.7 Å². The first-order valence-corrected chi connectivity index (χ1v) is 8.48. The fourth-order valence-corrected chi connectivity index (χ4v) is 5.40. The molecular formula is C14H15NO2S2. The Balaban J connectivity index is 1.91. The molecule has 1 aromatic carbocycles. The number of nitrogens with zero attached hydrogens (tertiary/aromatic N) is 1. The predicted octanol–water partition coefficient (Wildman–Crippen LogP) is 3.19. The molecular weight excluding hydrogens is 278 g/mol. The Morgan fingerprint density at radius 2 is 1.89 bits per heavy atom. The Labute approximate surface area is 117 Å². The van der Waals surface area contributed by atoms with Gasteiger partial charge in [-0.2, -0.15) is 4.31 Å². The third-order valence-corrected chi connectivity index (χ3v) is 6.81.